The number of rotatable bonds is 2. The second kappa shape index (κ2) is 4.41. The summed E-state index contributed by atoms with van der Waals surface area (Å²) in [5.41, 5.74) is 7.80. The Kier molecular flexibility index (Phi) is 2.60. The minimum Gasteiger partial charge on any atom is -0.409 e. The largest absolute Gasteiger partial charge is 0.409 e. The number of hydrogen-bond acceptors (Lipinski definition) is 4. The summed E-state index contributed by atoms with van der Waals surface area (Å²) in [6.45, 7) is 0. The number of benzene rings is 1. The highest BCUT2D eigenvalue weighted by Crippen LogP contribution is 2.14. The molecule has 0 aliphatic heterocycles. The Labute approximate surface area is 108 Å². The van der Waals surface area contributed by atoms with Crippen molar-refractivity contribution in [1.29, 1.82) is 0 Å². The van der Waals surface area contributed by atoms with Crippen LogP contribution in [0.25, 0.3) is 16.9 Å². The maximum absolute atomic E-state index is 8.76. The summed E-state index contributed by atoms with van der Waals surface area (Å²) in [7, 11) is 0. The van der Waals surface area contributed by atoms with Crippen molar-refractivity contribution in [2.75, 3.05) is 0 Å². The second-order valence-electron chi connectivity index (χ2n) is 3.97. The molecule has 0 aliphatic carbocycles. The Morgan fingerprint density at radius 3 is 2.74 bits per heavy atom. The van der Waals surface area contributed by atoms with Gasteiger partial charge in [-0.15, -0.1) is 0 Å². The number of nitrogens with zero attached hydrogens (tertiary/aromatic N) is 4. The van der Waals surface area contributed by atoms with Crippen molar-refractivity contribution in [1.82, 2.24) is 14.5 Å². The molecular formula is C13H11N5O. The van der Waals surface area contributed by atoms with E-state index in [2.05, 4.69) is 15.1 Å². The van der Waals surface area contributed by atoms with E-state index in [4.69, 9.17) is 10.9 Å². The lowest BCUT2D eigenvalue weighted by molar-refractivity contribution is 0.318. The number of nitrogens with two attached hydrogens (primary N) is 1. The molecule has 19 heavy (non-hydrogen) atoms. The van der Waals surface area contributed by atoms with Crippen LogP contribution in [0.1, 0.15) is 5.69 Å². The Hall–Kier alpha value is -2.89. The molecule has 0 amide bonds. The zero-order valence-electron chi connectivity index (χ0n) is 9.93. The molecule has 0 spiro atoms. The molecule has 2 heterocycles. The zero-order valence-corrected chi connectivity index (χ0v) is 9.93. The van der Waals surface area contributed by atoms with Gasteiger partial charge in [0.1, 0.15) is 0 Å². The quantitative estimate of drug-likeness (QED) is 0.313. The first-order valence-corrected chi connectivity index (χ1v) is 5.67. The minimum absolute atomic E-state index is 0.0277. The number of amidine groups is 1. The normalized spacial score (nSPS) is 11.9. The van der Waals surface area contributed by atoms with Gasteiger partial charge in [-0.2, -0.15) is 0 Å². The van der Waals surface area contributed by atoms with Crippen LogP contribution in [0.3, 0.4) is 0 Å². The molecule has 2 aromatic heterocycles. The van der Waals surface area contributed by atoms with Gasteiger partial charge in [-0.05, 0) is 24.3 Å². The van der Waals surface area contributed by atoms with Gasteiger partial charge in [0.2, 0.25) is 0 Å². The van der Waals surface area contributed by atoms with E-state index in [1.165, 1.54) is 0 Å². The van der Waals surface area contributed by atoms with E-state index in [0.717, 1.165) is 11.0 Å². The predicted octanol–water partition coefficient (Wildman–Crippen LogP) is 1.51. The standard InChI is InChI=1S/C13H11N5O/c14-13(17-19)11-6-3-7-18(11)12-8-15-9-4-1-2-5-10(9)16-12/h1-8,19H,(H2,14,17). The second-order valence-corrected chi connectivity index (χ2v) is 3.97. The molecular weight excluding hydrogens is 242 g/mol. The van der Waals surface area contributed by atoms with E-state index in [9.17, 15) is 0 Å². The monoisotopic (exact) mass is 253 g/mol. The predicted molar refractivity (Wildman–Crippen MR) is 71.4 cm³/mol. The van der Waals surface area contributed by atoms with Crippen LogP contribution in [-0.2, 0) is 0 Å². The molecule has 0 bridgehead atoms. The molecule has 3 rings (SSSR count). The Bertz CT molecular complexity index is 762. The smallest absolute Gasteiger partial charge is 0.187 e. The number of aromatic nitrogens is 3. The lowest BCUT2D eigenvalue weighted by atomic mass is 10.3. The molecule has 6 heteroatoms. The van der Waals surface area contributed by atoms with Crippen molar-refractivity contribution in [3.8, 4) is 5.82 Å². The molecule has 0 aliphatic rings. The Morgan fingerprint density at radius 2 is 1.95 bits per heavy atom. The van der Waals surface area contributed by atoms with E-state index < -0.39 is 0 Å². The maximum atomic E-state index is 8.76. The summed E-state index contributed by atoms with van der Waals surface area (Å²) >= 11 is 0. The van der Waals surface area contributed by atoms with Crippen LogP contribution in [0.15, 0.2) is 53.9 Å². The van der Waals surface area contributed by atoms with E-state index in [0.29, 0.717) is 11.5 Å². The molecule has 3 N–H and O–H groups in total. The van der Waals surface area contributed by atoms with Crippen LogP contribution in [0, 0.1) is 0 Å². The highest BCUT2D eigenvalue weighted by molar-refractivity contribution is 5.96. The van der Waals surface area contributed by atoms with Crippen molar-refractivity contribution < 1.29 is 5.21 Å². The average Bonchev–Trinajstić information content (AvgIpc) is 2.95. The lowest BCUT2D eigenvalue weighted by Crippen LogP contribution is -2.17. The maximum Gasteiger partial charge on any atom is 0.187 e. The van der Waals surface area contributed by atoms with Gasteiger partial charge < -0.3 is 10.9 Å². The molecule has 0 radical (unpaired) electrons. The van der Waals surface area contributed by atoms with Gasteiger partial charge >= 0.3 is 0 Å². The van der Waals surface area contributed by atoms with Gasteiger partial charge in [0.05, 0.1) is 22.9 Å². The van der Waals surface area contributed by atoms with E-state index in [1.807, 2.05) is 24.3 Å². The molecule has 6 nitrogen and oxygen atoms in total. The van der Waals surface area contributed by atoms with E-state index in [1.54, 1.807) is 29.1 Å². The Balaban J connectivity index is 2.17. The summed E-state index contributed by atoms with van der Waals surface area (Å²) < 4.78 is 1.72. The summed E-state index contributed by atoms with van der Waals surface area (Å²) in [6.07, 6.45) is 3.43. The number of fused-ring (bicyclic) bond motifs is 1. The van der Waals surface area contributed by atoms with Crippen LogP contribution in [0.5, 0.6) is 0 Å². The van der Waals surface area contributed by atoms with Crippen molar-refractivity contribution in [3.63, 3.8) is 0 Å². The summed E-state index contributed by atoms with van der Waals surface area (Å²) in [5.74, 6) is 0.644. The van der Waals surface area contributed by atoms with Crippen LogP contribution in [0.2, 0.25) is 0 Å². The minimum atomic E-state index is 0.0277. The fourth-order valence-electron chi connectivity index (χ4n) is 1.90. The molecule has 0 saturated carbocycles. The zero-order chi connectivity index (χ0) is 13.2. The first-order valence-electron chi connectivity index (χ1n) is 5.67. The highest BCUT2D eigenvalue weighted by Gasteiger charge is 2.09. The number of hydrogen-bond donors (Lipinski definition) is 2. The SMILES string of the molecule is N/C(=N/O)c1cccn1-c1cnc2ccccc2n1. The van der Waals surface area contributed by atoms with Gasteiger partial charge in [0.15, 0.2) is 11.7 Å². The summed E-state index contributed by atoms with van der Waals surface area (Å²) in [4.78, 5) is 8.84. The highest BCUT2D eigenvalue weighted by atomic mass is 16.4. The third-order valence-electron chi connectivity index (χ3n) is 2.80. The molecule has 1 aromatic carbocycles. The third kappa shape index (κ3) is 1.89. The van der Waals surface area contributed by atoms with Crippen molar-refractivity contribution in [2.24, 2.45) is 10.9 Å². The summed E-state index contributed by atoms with van der Waals surface area (Å²) in [6, 6.07) is 11.1. The molecule has 3 aromatic rings. The summed E-state index contributed by atoms with van der Waals surface area (Å²) in [5, 5.41) is 11.8. The molecule has 0 atom stereocenters. The topological polar surface area (TPSA) is 89.3 Å². The average molecular weight is 253 g/mol. The third-order valence-corrected chi connectivity index (χ3v) is 2.80. The van der Waals surface area contributed by atoms with Crippen molar-refractivity contribution >= 4 is 16.9 Å². The van der Waals surface area contributed by atoms with Crippen molar-refractivity contribution in [3.05, 3.63) is 54.5 Å². The fourth-order valence-corrected chi connectivity index (χ4v) is 1.90. The van der Waals surface area contributed by atoms with Gasteiger partial charge in [0.25, 0.3) is 0 Å². The Morgan fingerprint density at radius 1 is 1.16 bits per heavy atom. The molecule has 0 saturated heterocycles. The van der Waals surface area contributed by atoms with Gasteiger partial charge in [-0.25, -0.2) is 4.98 Å². The van der Waals surface area contributed by atoms with Crippen LogP contribution in [0.4, 0.5) is 0 Å². The molecule has 94 valence electrons. The van der Waals surface area contributed by atoms with Crippen molar-refractivity contribution in [2.45, 2.75) is 0 Å². The number of oxime groups is 1. The van der Waals surface area contributed by atoms with Crippen LogP contribution >= 0.6 is 0 Å². The van der Waals surface area contributed by atoms with Gasteiger partial charge in [-0.1, -0.05) is 17.3 Å². The van der Waals surface area contributed by atoms with Crippen LogP contribution in [-0.4, -0.2) is 25.6 Å². The first-order chi connectivity index (χ1) is 9.29. The number of para-hydroxylation sites is 2. The lowest BCUT2D eigenvalue weighted by Gasteiger charge is -2.07. The fraction of sp³-hybridized carbons (Fsp3) is 0. The first kappa shape index (κ1) is 11.2. The van der Waals surface area contributed by atoms with E-state index >= 15 is 0 Å². The van der Waals surface area contributed by atoms with Gasteiger partial charge in [0, 0.05) is 6.20 Å². The molecule has 0 fully saturated rings. The van der Waals surface area contributed by atoms with E-state index in [-0.39, 0.29) is 5.84 Å². The van der Waals surface area contributed by atoms with Gasteiger partial charge in [-0.3, -0.25) is 9.55 Å². The molecule has 0 unspecified atom stereocenters. The van der Waals surface area contributed by atoms with Crippen LogP contribution < -0.4 is 5.73 Å².